The molecule has 0 saturated heterocycles. The Morgan fingerprint density at radius 3 is 2.85 bits per heavy atom. The molecule has 0 radical (unpaired) electrons. The van der Waals surface area contributed by atoms with Crippen LogP contribution in [0.2, 0.25) is 5.15 Å². The van der Waals surface area contributed by atoms with Gasteiger partial charge in [-0.2, -0.15) is 0 Å². The van der Waals surface area contributed by atoms with Crippen molar-refractivity contribution in [1.29, 1.82) is 0 Å². The summed E-state index contributed by atoms with van der Waals surface area (Å²) in [5.41, 5.74) is 0. The van der Waals surface area contributed by atoms with Crippen molar-refractivity contribution in [3.05, 3.63) is 17.3 Å². The molecule has 6 heteroatoms. The minimum absolute atomic E-state index is 0.151. The topological polar surface area (TPSA) is 56.3 Å². The maximum absolute atomic E-state index is 11.2. The van der Waals surface area contributed by atoms with Gasteiger partial charge < -0.3 is 4.74 Å². The van der Waals surface area contributed by atoms with Gasteiger partial charge in [-0.05, 0) is 0 Å². The number of aromatic nitrogens is 1. The Balaban J connectivity index is 3.19. The van der Waals surface area contributed by atoms with Gasteiger partial charge in [0.05, 0.1) is 11.2 Å². The Kier molecular flexibility index (Phi) is 1.79. The monoisotopic (exact) mass is 224 g/mol. The van der Waals surface area contributed by atoms with Crippen molar-refractivity contribution in [2.75, 3.05) is 13.3 Å². The predicted octanol–water partition coefficient (Wildman–Crippen LogP) is 1.15. The van der Waals surface area contributed by atoms with E-state index in [0.29, 0.717) is 0 Å². The third-order valence-electron chi connectivity index (χ3n) is 1.24. The SMILES string of the molecule is [2H]C([2H])([2H])Oc1cc(Cl)nc(S(C)(=O)=O)c1. The summed E-state index contributed by atoms with van der Waals surface area (Å²) in [5, 5.41) is -0.485. The first-order valence-corrected chi connectivity index (χ1v) is 5.41. The number of pyridine rings is 1. The van der Waals surface area contributed by atoms with Crippen LogP contribution in [0, 0.1) is 0 Å². The van der Waals surface area contributed by atoms with E-state index in [4.69, 9.17) is 15.7 Å². The van der Waals surface area contributed by atoms with Crippen molar-refractivity contribution < 1.29 is 17.3 Å². The van der Waals surface area contributed by atoms with Gasteiger partial charge in [-0.15, -0.1) is 0 Å². The second kappa shape index (κ2) is 3.51. The molecule has 0 aliphatic rings. The van der Waals surface area contributed by atoms with Crippen LogP contribution in [0.15, 0.2) is 17.2 Å². The molecule has 0 unspecified atom stereocenters. The quantitative estimate of drug-likeness (QED) is 0.708. The van der Waals surface area contributed by atoms with Gasteiger partial charge in [0, 0.05) is 18.4 Å². The first-order valence-electron chi connectivity index (χ1n) is 4.64. The summed E-state index contributed by atoms with van der Waals surface area (Å²) in [5.74, 6) is -0.166. The van der Waals surface area contributed by atoms with E-state index in [2.05, 4.69) is 9.72 Å². The highest BCUT2D eigenvalue weighted by atomic mass is 35.5. The molecule has 1 aromatic heterocycles. The average Bonchev–Trinajstić information content (AvgIpc) is 1.97. The van der Waals surface area contributed by atoms with E-state index < -0.39 is 16.9 Å². The molecule has 0 amide bonds. The second-order valence-corrected chi connectivity index (χ2v) is 4.69. The highest BCUT2D eigenvalue weighted by Gasteiger charge is 2.11. The molecule has 0 atom stereocenters. The normalized spacial score (nSPS) is 15.7. The zero-order chi connectivity index (χ0) is 12.6. The molecular formula is C7H8ClNO3S. The van der Waals surface area contributed by atoms with Gasteiger partial charge in [0.15, 0.2) is 14.9 Å². The molecule has 0 saturated carbocycles. The molecule has 1 rings (SSSR count). The number of methoxy groups -OCH3 is 1. The van der Waals surface area contributed by atoms with Crippen molar-refractivity contribution in [2.45, 2.75) is 5.03 Å². The maximum atomic E-state index is 11.2. The second-order valence-electron chi connectivity index (χ2n) is 2.34. The van der Waals surface area contributed by atoms with Crippen molar-refractivity contribution in [1.82, 2.24) is 4.98 Å². The Morgan fingerprint density at radius 2 is 2.31 bits per heavy atom. The lowest BCUT2D eigenvalue weighted by Crippen LogP contribution is -2.01. The Hall–Kier alpha value is -0.810. The number of hydrogen-bond acceptors (Lipinski definition) is 4. The number of halogens is 1. The molecule has 13 heavy (non-hydrogen) atoms. The summed E-state index contributed by atoms with van der Waals surface area (Å²) in [4.78, 5) is 3.55. The minimum atomic E-state index is -3.56. The Labute approximate surface area is 85.6 Å². The van der Waals surface area contributed by atoms with E-state index >= 15 is 0 Å². The van der Waals surface area contributed by atoms with Crippen LogP contribution in [0.1, 0.15) is 4.11 Å². The summed E-state index contributed by atoms with van der Waals surface area (Å²) >= 11 is 5.55. The molecule has 0 aliphatic heterocycles. The third-order valence-corrected chi connectivity index (χ3v) is 2.40. The van der Waals surface area contributed by atoms with Crippen molar-refractivity contribution >= 4 is 21.4 Å². The predicted molar refractivity (Wildman–Crippen MR) is 48.9 cm³/mol. The fourth-order valence-electron chi connectivity index (χ4n) is 0.699. The van der Waals surface area contributed by atoms with Gasteiger partial charge in [-0.1, -0.05) is 11.6 Å². The highest BCUT2D eigenvalue weighted by Crippen LogP contribution is 2.19. The average molecular weight is 225 g/mol. The van der Waals surface area contributed by atoms with Gasteiger partial charge in [-0.3, -0.25) is 0 Å². The lowest BCUT2D eigenvalue weighted by molar-refractivity contribution is 0.412. The molecule has 1 aromatic rings. The van der Waals surface area contributed by atoms with Gasteiger partial charge in [0.25, 0.3) is 0 Å². The van der Waals surface area contributed by atoms with E-state index in [-0.39, 0.29) is 15.9 Å². The fourth-order valence-corrected chi connectivity index (χ4v) is 1.54. The third kappa shape index (κ3) is 2.57. The molecule has 0 aliphatic carbocycles. The van der Waals surface area contributed by atoms with E-state index in [1.54, 1.807) is 0 Å². The maximum Gasteiger partial charge on any atom is 0.192 e. The summed E-state index contributed by atoms with van der Waals surface area (Å²) in [6.45, 7) is 0. The molecule has 1 heterocycles. The molecule has 4 nitrogen and oxygen atoms in total. The smallest absolute Gasteiger partial charge is 0.192 e. The number of ether oxygens (including phenoxy) is 1. The molecule has 0 N–H and O–H groups in total. The fraction of sp³-hybridized carbons (Fsp3) is 0.286. The van der Waals surface area contributed by atoms with Crippen LogP contribution in [0.5, 0.6) is 5.75 Å². The van der Waals surface area contributed by atoms with E-state index in [1.807, 2.05) is 0 Å². The summed E-state index contributed by atoms with van der Waals surface area (Å²) in [6.07, 6.45) is 0.935. The first-order chi connectivity index (χ1) is 7.08. The van der Waals surface area contributed by atoms with Crippen LogP contribution in [0.4, 0.5) is 0 Å². The van der Waals surface area contributed by atoms with Gasteiger partial charge >= 0.3 is 0 Å². The highest BCUT2D eigenvalue weighted by molar-refractivity contribution is 7.90. The summed E-state index contributed by atoms with van der Waals surface area (Å²) in [7, 11) is -6.23. The van der Waals surface area contributed by atoms with Crippen LogP contribution in [-0.4, -0.2) is 26.7 Å². The molecular weight excluding hydrogens is 214 g/mol. The number of hydrogen-bond donors (Lipinski definition) is 0. The van der Waals surface area contributed by atoms with Crippen LogP contribution in [-0.2, 0) is 9.84 Å². The first kappa shape index (κ1) is 6.62. The van der Waals surface area contributed by atoms with Gasteiger partial charge in [-0.25, -0.2) is 13.4 Å². The van der Waals surface area contributed by atoms with Crippen molar-refractivity contribution in [2.24, 2.45) is 0 Å². The van der Waals surface area contributed by atoms with Crippen LogP contribution < -0.4 is 4.74 Å². The molecule has 0 bridgehead atoms. The molecule has 0 spiro atoms. The number of sulfone groups is 1. The number of nitrogens with zero attached hydrogens (tertiary/aromatic N) is 1. The molecule has 0 fully saturated rings. The zero-order valence-corrected chi connectivity index (χ0v) is 8.19. The largest absolute Gasteiger partial charge is 0.497 e. The lowest BCUT2D eigenvalue weighted by atomic mass is 10.4. The van der Waals surface area contributed by atoms with Gasteiger partial charge in [0.2, 0.25) is 0 Å². The Bertz CT molecular complexity index is 500. The summed E-state index contributed by atoms with van der Waals surface area (Å²) in [6, 6.07) is 2.14. The van der Waals surface area contributed by atoms with E-state index in [1.165, 1.54) is 0 Å². The zero-order valence-electron chi connectivity index (χ0n) is 9.61. The van der Waals surface area contributed by atoms with Crippen molar-refractivity contribution in [3.8, 4) is 5.75 Å². The van der Waals surface area contributed by atoms with Crippen LogP contribution in [0.3, 0.4) is 0 Å². The van der Waals surface area contributed by atoms with Crippen LogP contribution >= 0.6 is 11.6 Å². The molecule has 0 aromatic carbocycles. The van der Waals surface area contributed by atoms with Gasteiger partial charge in [0.1, 0.15) is 10.9 Å². The van der Waals surface area contributed by atoms with Crippen molar-refractivity contribution in [3.63, 3.8) is 0 Å². The molecule has 72 valence electrons. The van der Waals surface area contributed by atoms with E-state index in [0.717, 1.165) is 18.4 Å². The Morgan fingerprint density at radius 1 is 1.62 bits per heavy atom. The van der Waals surface area contributed by atoms with E-state index in [9.17, 15) is 8.42 Å². The van der Waals surface area contributed by atoms with Crippen LogP contribution in [0.25, 0.3) is 0 Å². The standard InChI is InChI=1S/C7H8ClNO3S/c1-12-5-3-6(8)9-7(4-5)13(2,10)11/h3-4H,1-2H3/i1D3. The summed E-state index contributed by atoms with van der Waals surface area (Å²) < 4.78 is 47.5. The lowest BCUT2D eigenvalue weighted by Gasteiger charge is -2.02. The minimum Gasteiger partial charge on any atom is -0.497 e. The number of rotatable bonds is 2.